The molecule has 0 aromatic heterocycles. The molecule has 1 aromatic rings. The Hall–Kier alpha value is -1.59. The van der Waals surface area contributed by atoms with Gasteiger partial charge in [-0.05, 0) is 31.0 Å². The first kappa shape index (κ1) is 15.5. The van der Waals surface area contributed by atoms with E-state index in [-0.39, 0.29) is 5.91 Å². The molecule has 0 radical (unpaired) electrons. The lowest BCUT2D eigenvalue weighted by atomic mass is 10.2. The Bertz CT molecular complexity index is 381. The van der Waals surface area contributed by atoms with E-state index in [2.05, 4.69) is 5.48 Å². The van der Waals surface area contributed by atoms with Crippen LogP contribution in [0.5, 0.6) is 5.75 Å². The lowest BCUT2D eigenvalue weighted by Crippen LogP contribution is -2.25. The zero-order valence-corrected chi connectivity index (χ0v) is 11.5. The minimum absolute atomic E-state index is 0.149. The largest absolute Gasteiger partial charge is 0.494 e. The Labute approximate surface area is 113 Å². The van der Waals surface area contributed by atoms with Crippen molar-refractivity contribution in [3.63, 3.8) is 0 Å². The molecule has 106 valence electrons. The highest BCUT2D eigenvalue weighted by Crippen LogP contribution is 2.12. The van der Waals surface area contributed by atoms with Gasteiger partial charge >= 0.3 is 0 Å². The van der Waals surface area contributed by atoms with E-state index in [4.69, 9.17) is 14.3 Å². The molecule has 1 rings (SSSR count). The van der Waals surface area contributed by atoms with Crippen molar-refractivity contribution in [3.05, 3.63) is 29.8 Å². The first-order valence-electron chi connectivity index (χ1n) is 6.31. The Morgan fingerprint density at radius 1 is 1.26 bits per heavy atom. The first-order valence-corrected chi connectivity index (χ1v) is 6.31. The molecule has 0 aliphatic rings. The van der Waals surface area contributed by atoms with Gasteiger partial charge in [-0.2, -0.15) is 0 Å². The molecule has 0 atom stereocenters. The number of aryl methyl sites for hydroxylation is 1. The quantitative estimate of drug-likeness (QED) is 0.548. The molecule has 0 saturated heterocycles. The van der Waals surface area contributed by atoms with Gasteiger partial charge in [0.15, 0.2) is 0 Å². The van der Waals surface area contributed by atoms with E-state index in [0.29, 0.717) is 32.7 Å². The number of carbonyl (C=O) groups is 1. The van der Waals surface area contributed by atoms with Crippen molar-refractivity contribution in [2.75, 3.05) is 26.9 Å². The van der Waals surface area contributed by atoms with Gasteiger partial charge in [0, 0.05) is 13.5 Å². The molecule has 0 saturated carbocycles. The number of benzene rings is 1. The zero-order valence-electron chi connectivity index (χ0n) is 11.5. The molecular weight excluding hydrogens is 246 g/mol. The van der Waals surface area contributed by atoms with Crippen LogP contribution >= 0.6 is 0 Å². The number of hydroxylamine groups is 1. The molecule has 5 heteroatoms. The lowest BCUT2D eigenvalue weighted by Gasteiger charge is -2.07. The van der Waals surface area contributed by atoms with Crippen molar-refractivity contribution >= 4 is 5.91 Å². The predicted octanol–water partition coefficient (Wildman–Crippen LogP) is 1.85. The number of ether oxygens (including phenoxy) is 2. The first-order chi connectivity index (χ1) is 9.22. The van der Waals surface area contributed by atoms with Gasteiger partial charge in [0.1, 0.15) is 5.75 Å². The van der Waals surface area contributed by atoms with Crippen LogP contribution in [-0.4, -0.2) is 32.8 Å². The Kier molecular flexibility index (Phi) is 7.62. The number of nitrogens with one attached hydrogen (secondary N) is 1. The highest BCUT2D eigenvalue weighted by molar-refractivity contribution is 5.74. The number of carbonyl (C=O) groups excluding carboxylic acids is 1. The number of hydrogen-bond acceptors (Lipinski definition) is 4. The Morgan fingerprint density at radius 2 is 2.11 bits per heavy atom. The van der Waals surface area contributed by atoms with Crippen LogP contribution < -0.4 is 10.2 Å². The normalized spacial score (nSPS) is 10.2. The average molecular weight is 267 g/mol. The summed E-state index contributed by atoms with van der Waals surface area (Å²) in [6.07, 6.45) is 1.02. The molecule has 0 heterocycles. The zero-order chi connectivity index (χ0) is 13.9. The molecular formula is C14H21NO4. The van der Waals surface area contributed by atoms with Gasteiger partial charge < -0.3 is 9.47 Å². The fourth-order valence-corrected chi connectivity index (χ4v) is 1.44. The molecule has 1 N–H and O–H groups in total. The standard InChI is InChI=1S/C14H21NO4/c1-12-5-3-6-13(11-12)18-8-4-7-14(16)15-19-10-9-17-2/h3,5-6,11H,4,7-10H2,1-2H3,(H,15,16). The summed E-state index contributed by atoms with van der Waals surface area (Å²) in [6.45, 7) is 3.32. The lowest BCUT2D eigenvalue weighted by molar-refractivity contribution is -0.134. The minimum atomic E-state index is -0.149. The Morgan fingerprint density at radius 3 is 2.84 bits per heavy atom. The summed E-state index contributed by atoms with van der Waals surface area (Å²) in [5.74, 6) is 0.681. The molecule has 5 nitrogen and oxygen atoms in total. The van der Waals surface area contributed by atoms with Gasteiger partial charge in [-0.25, -0.2) is 5.48 Å². The second kappa shape index (κ2) is 9.35. The van der Waals surface area contributed by atoms with Gasteiger partial charge in [-0.3, -0.25) is 9.63 Å². The maximum Gasteiger partial charge on any atom is 0.243 e. The summed E-state index contributed by atoms with van der Waals surface area (Å²) in [6, 6.07) is 7.83. The summed E-state index contributed by atoms with van der Waals surface area (Å²) >= 11 is 0. The summed E-state index contributed by atoms with van der Waals surface area (Å²) in [5, 5.41) is 0. The van der Waals surface area contributed by atoms with Gasteiger partial charge in [-0.1, -0.05) is 12.1 Å². The topological polar surface area (TPSA) is 56.8 Å². The molecule has 0 spiro atoms. The fraction of sp³-hybridized carbons (Fsp3) is 0.500. The fourth-order valence-electron chi connectivity index (χ4n) is 1.44. The highest BCUT2D eigenvalue weighted by Gasteiger charge is 2.01. The van der Waals surface area contributed by atoms with Crippen LogP contribution in [0.1, 0.15) is 18.4 Å². The van der Waals surface area contributed by atoms with Crippen LogP contribution in [0.3, 0.4) is 0 Å². The van der Waals surface area contributed by atoms with Crippen LogP contribution in [0.25, 0.3) is 0 Å². The molecule has 0 aliphatic heterocycles. The smallest absolute Gasteiger partial charge is 0.243 e. The summed E-state index contributed by atoms with van der Waals surface area (Å²) < 4.78 is 10.3. The second-order valence-electron chi connectivity index (χ2n) is 4.14. The number of amides is 1. The molecule has 0 aliphatic carbocycles. The third kappa shape index (κ3) is 7.43. The summed E-state index contributed by atoms with van der Waals surface area (Å²) in [5.41, 5.74) is 3.51. The number of hydrogen-bond donors (Lipinski definition) is 1. The summed E-state index contributed by atoms with van der Waals surface area (Å²) in [4.78, 5) is 16.2. The van der Waals surface area contributed by atoms with Gasteiger partial charge in [0.2, 0.25) is 5.91 Å². The average Bonchev–Trinajstić information content (AvgIpc) is 2.40. The van der Waals surface area contributed by atoms with Gasteiger partial charge in [-0.15, -0.1) is 0 Å². The molecule has 0 unspecified atom stereocenters. The highest BCUT2D eigenvalue weighted by atomic mass is 16.7. The van der Waals surface area contributed by atoms with Crippen molar-refractivity contribution < 1.29 is 19.1 Å². The summed E-state index contributed by atoms with van der Waals surface area (Å²) in [7, 11) is 1.58. The molecule has 0 fully saturated rings. The molecule has 0 bridgehead atoms. The van der Waals surface area contributed by atoms with E-state index in [1.54, 1.807) is 7.11 Å². The second-order valence-corrected chi connectivity index (χ2v) is 4.14. The third-order valence-corrected chi connectivity index (χ3v) is 2.38. The van der Waals surface area contributed by atoms with Crippen molar-refractivity contribution in [1.29, 1.82) is 0 Å². The van der Waals surface area contributed by atoms with Crippen LogP contribution in [0.15, 0.2) is 24.3 Å². The van der Waals surface area contributed by atoms with Gasteiger partial charge in [0.25, 0.3) is 0 Å². The van der Waals surface area contributed by atoms with Crippen LogP contribution in [0, 0.1) is 6.92 Å². The number of rotatable bonds is 9. The van der Waals surface area contributed by atoms with E-state index in [9.17, 15) is 4.79 Å². The van der Waals surface area contributed by atoms with Crippen molar-refractivity contribution in [2.45, 2.75) is 19.8 Å². The van der Waals surface area contributed by atoms with E-state index < -0.39 is 0 Å². The van der Waals surface area contributed by atoms with Crippen LogP contribution in [-0.2, 0) is 14.4 Å². The molecule has 1 aromatic carbocycles. The maximum absolute atomic E-state index is 11.3. The van der Waals surface area contributed by atoms with E-state index in [0.717, 1.165) is 11.3 Å². The predicted molar refractivity (Wildman–Crippen MR) is 71.9 cm³/mol. The van der Waals surface area contributed by atoms with E-state index >= 15 is 0 Å². The van der Waals surface area contributed by atoms with Crippen molar-refractivity contribution in [2.24, 2.45) is 0 Å². The Balaban J connectivity index is 2.05. The minimum Gasteiger partial charge on any atom is -0.494 e. The monoisotopic (exact) mass is 267 g/mol. The third-order valence-electron chi connectivity index (χ3n) is 2.38. The van der Waals surface area contributed by atoms with Crippen LogP contribution in [0.2, 0.25) is 0 Å². The van der Waals surface area contributed by atoms with Crippen LogP contribution in [0.4, 0.5) is 0 Å². The number of methoxy groups -OCH3 is 1. The maximum atomic E-state index is 11.3. The van der Waals surface area contributed by atoms with Crippen molar-refractivity contribution in [1.82, 2.24) is 5.48 Å². The van der Waals surface area contributed by atoms with Crippen molar-refractivity contribution in [3.8, 4) is 5.75 Å². The molecule has 19 heavy (non-hydrogen) atoms. The van der Waals surface area contributed by atoms with E-state index in [1.165, 1.54) is 0 Å². The van der Waals surface area contributed by atoms with Gasteiger partial charge in [0.05, 0.1) is 19.8 Å². The van der Waals surface area contributed by atoms with E-state index in [1.807, 2.05) is 31.2 Å². The molecule has 1 amide bonds. The SMILES string of the molecule is COCCONC(=O)CCCOc1cccc(C)c1.